The van der Waals surface area contributed by atoms with Crippen LogP contribution in [0.15, 0.2) is 24.4 Å². The van der Waals surface area contributed by atoms with Crippen LogP contribution in [-0.4, -0.2) is 40.8 Å². The Morgan fingerprint density at radius 1 is 1.32 bits per heavy atom. The molecule has 0 radical (unpaired) electrons. The quantitative estimate of drug-likeness (QED) is 0.879. The molecule has 3 saturated heterocycles. The zero-order chi connectivity index (χ0) is 12.7. The van der Waals surface area contributed by atoms with Gasteiger partial charge in [-0.2, -0.15) is 5.10 Å². The fraction of sp³-hybridized carbons (Fsp3) is 0.533. The summed E-state index contributed by atoms with van der Waals surface area (Å²) in [6.45, 7) is 4.82. The molecule has 0 spiro atoms. The third kappa shape index (κ3) is 2.15. The predicted octanol–water partition coefficient (Wildman–Crippen LogP) is 1.75. The molecule has 1 atom stereocenters. The largest absolute Gasteiger partial charge is 0.308 e. The fourth-order valence-electron chi connectivity index (χ4n) is 3.55. The van der Waals surface area contributed by atoms with Gasteiger partial charge in [-0.05, 0) is 49.5 Å². The van der Waals surface area contributed by atoms with Gasteiger partial charge < -0.3 is 10.2 Å². The Balaban J connectivity index is 1.44. The molecular weight excluding hydrogens is 236 g/mol. The van der Waals surface area contributed by atoms with Crippen molar-refractivity contribution in [1.29, 1.82) is 0 Å². The summed E-state index contributed by atoms with van der Waals surface area (Å²) < 4.78 is 0. The van der Waals surface area contributed by atoms with E-state index < -0.39 is 0 Å². The first kappa shape index (κ1) is 11.4. The molecule has 1 aromatic carbocycles. The standard InChI is InChI=1S/C15H20N4/c1-2-14-13(9-17-18-14)7-11(1)8-16-15-10-19-5-3-12(15)4-6-19/h1-2,7,9,12,15-16H,3-6,8,10H2,(H,17,18)/t15-/m1/s1. The van der Waals surface area contributed by atoms with Crippen LogP contribution in [0.25, 0.3) is 10.9 Å². The number of aromatic nitrogens is 2. The average Bonchev–Trinajstić information content (AvgIpc) is 2.94. The lowest BCUT2D eigenvalue weighted by atomic mass is 9.84. The molecule has 1 aromatic heterocycles. The van der Waals surface area contributed by atoms with E-state index in [4.69, 9.17) is 0 Å². The third-order valence-electron chi connectivity index (χ3n) is 4.73. The SMILES string of the molecule is c1cc2[nH]ncc2cc1CN[C@@H]1CN2CCC1CC2. The minimum Gasteiger partial charge on any atom is -0.308 e. The third-order valence-corrected chi connectivity index (χ3v) is 4.73. The molecule has 2 aromatic rings. The van der Waals surface area contributed by atoms with Crippen LogP contribution in [-0.2, 0) is 6.54 Å². The van der Waals surface area contributed by atoms with Crippen molar-refractivity contribution in [1.82, 2.24) is 20.4 Å². The summed E-state index contributed by atoms with van der Waals surface area (Å²) in [6, 6.07) is 7.22. The van der Waals surface area contributed by atoms with Crippen LogP contribution in [0.1, 0.15) is 18.4 Å². The van der Waals surface area contributed by atoms with Gasteiger partial charge in [0.25, 0.3) is 0 Å². The van der Waals surface area contributed by atoms with Crippen molar-refractivity contribution in [2.75, 3.05) is 19.6 Å². The Morgan fingerprint density at radius 3 is 3.00 bits per heavy atom. The summed E-state index contributed by atoms with van der Waals surface area (Å²) in [5.41, 5.74) is 2.47. The number of hydrogen-bond acceptors (Lipinski definition) is 3. The number of benzene rings is 1. The van der Waals surface area contributed by atoms with E-state index in [0.29, 0.717) is 6.04 Å². The Kier molecular flexibility index (Phi) is 2.78. The molecule has 19 heavy (non-hydrogen) atoms. The molecule has 3 fully saturated rings. The van der Waals surface area contributed by atoms with Crippen molar-refractivity contribution >= 4 is 10.9 Å². The van der Waals surface area contributed by atoms with Crippen molar-refractivity contribution in [3.05, 3.63) is 30.0 Å². The van der Waals surface area contributed by atoms with Crippen molar-refractivity contribution < 1.29 is 0 Å². The first-order valence-corrected chi connectivity index (χ1v) is 7.26. The van der Waals surface area contributed by atoms with Crippen molar-refractivity contribution in [2.45, 2.75) is 25.4 Å². The molecule has 4 heteroatoms. The Bertz CT molecular complexity index is 568. The smallest absolute Gasteiger partial charge is 0.0650 e. The van der Waals surface area contributed by atoms with Crippen LogP contribution in [0.5, 0.6) is 0 Å². The molecular formula is C15H20N4. The van der Waals surface area contributed by atoms with Crippen molar-refractivity contribution in [3.63, 3.8) is 0 Å². The van der Waals surface area contributed by atoms with E-state index in [2.05, 4.69) is 38.6 Å². The van der Waals surface area contributed by atoms with Gasteiger partial charge in [-0.1, -0.05) is 6.07 Å². The number of hydrogen-bond donors (Lipinski definition) is 2. The summed E-state index contributed by atoms with van der Waals surface area (Å²) in [4.78, 5) is 2.59. The highest BCUT2D eigenvalue weighted by Gasteiger charge is 2.33. The van der Waals surface area contributed by atoms with E-state index in [0.717, 1.165) is 18.0 Å². The number of nitrogens with one attached hydrogen (secondary N) is 2. The highest BCUT2D eigenvalue weighted by molar-refractivity contribution is 5.78. The summed E-state index contributed by atoms with van der Waals surface area (Å²) in [7, 11) is 0. The maximum Gasteiger partial charge on any atom is 0.0650 e. The second kappa shape index (κ2) is 4.62. The average molecular weight is 256 g/mol. The number of fused-ring (bicyclic) bond motifs is 4. The van der Waals surface area contributed by atoms with Gasteiger partial charge in [0.2, 0.25) is 0 Å². The molecule has 2 N–H and O–H groups in total. The van der Waals surface area contributed by atoms with Gasteiger partial charge in [-0.25, -0.2) is 0 Å². The first-order valence-electron chi connectivity index (χ1n) is 7.26. The molecule has 3 aliphatic heterocycles. The molecule has 3 aliphatic rings. The van der Waals surface area contributed by atoms with E-state index in [9.17, 15) is 0 Å². The second-order valence-electron chi connectivity index (χ2n) is 5.92. The van der Waals surface area contributed by atoms with Crippen LogP contribution in [0, 0.1) is 5.92 Å². The molecule has 0 saturated carbocycles. The molecule has 100 valence electrons. The Hall–Kier alpha value is -1.39. The lowest BCUT2D eigenvalue weighted by Crippen LogP contribution is -2.55. The topological polar surface area (TPSA) is 44.0 Å². The van der Waals surface area contributed by atoms with Gasteiger partial charge in [-0.15, -0.1) is 0 Å². The monoisotopic (exact) mass is 256 g/mol. The van der Waals surface area contributed by atoms with Crippen LogP contribution < -0.4 is 5.32 Å². The zero-order valence-corrected chi connectivity index (χ0v) is 11.1. The maximum absolute atomic E-state index is 4.07. The van der Waals surface area contributed by atoms with Gasteiger partial charge in [-0.3, -0.25) is 5.10 Å². The molecule has 2 bridgehead atoms. The van der Waals surface area contributed by atoms with Crippen LogP contribution >= 0.6 is 0 Å². The number of H-pyrrole nitrogens is 1. The van der Waals surface area contributed by atoms with E-state index >= 15 is 0 Å². The lowest BCUT2D eigenvalue weighted by Gasteiger charge is -2.45. The van der Waals surface area contributed by atoms with E-state index in [-0.39, 0.29) is 0 Å². The summed E-state index contributed by atoms with van der Waals surface area (Å²) in [5, 5.41) is 12.0. The molecule has 0 unspecified atom stereocenters. The molecule has 0 amide bonds. The number of rotatable bonds is 3. The normalized spacial score (nSPS) is 30.0. The molecule has 5 rings (SSSR count). The summed E-state index contributed by atoms with van der Waals surface area (Å²) >= 11 is 0. The van der Waals surface area contributed by atoms with Gasteiger partial charge in [0.15, 0.2) is 0 Å². The number of piperidine rings is 3. The minimum atomic E-state index is 0.683. The molecule has 0 aliphatic carbocycles. The van der Waals surface area contributed by atoms with E-state index in [1.54, 1.807) is 0 Å². The maximum atomic E-state index is 4.07. The highest BCUT2D eigenvalue weighted by Crippen LogP contribution is 2.27. The van der Waals surface area contributed by atoms with Gasteiger partial charge in [0, 0.05) is 24.5 Å². The van der Waals surface area contributed by atoms with Crippen LogP contribution in [0.4, 0.5) is 0 Å². The zero-order valence-electron chi connectivity index (χ0n) is 11.1. The van der Waals surface area contributed by atoms with Gasteiger partial charge in [0.05, 0.1) is 11.7 Å². The van der Waals surface area contributed by atoms with Crippen LogP contribution in [0.3, 0.4) is 0 Å². The molecule has 4 nitrogen and oxygen atoms in total. The first-order chi connectivity index (χ1) is 9.38. The lowest BCUT2D eigenvalue weighted by molar-refractivity contribution is 0.0720. The van der Waals surface area contributed by atoms with Gasteiger partial charge >= 0.3 is 0 Å². The fourth-order valence-corrected chi connectivity index (χ4v) is 3.55. The minimum absolute atomic E-state index is 0.683. The van der Waals surface area contributed by atoms with Crippen molar-refractivity contribution in [3.8, 4) is 0 Å². The number of nitrogens with zero attached hydrogens (tertiary/aromatic N) is 2. The van der Waals surface area contributed by atoms with Crippen LogP contribution in [0.2, 0.25) is 0 Å². The highest BCUT2D eigenvalue weighted by atomic mass is 15.2. The summed E-state index contributed by atoms with van der Waals surface area (Å²) in [6.07, 6.45) is 4.64. The van der Waals surface area contributed by atoms with Gasteiger partial charge in [0.1, 0.15) is 0 Å². The summed E-state index contributed by atoms with van der Waals surface area (Å²) in [5.74, 6) is 0.891. The predicted molar refractivity (Wildman–Crippen MR) is 75.9 cm³/mol. The Labute approximate surface area is 113 Å². The molecule has 4 heterocycles. The van der Waals surface area contributed by atoms with E-state index in [1.807, 2.05) is 6.20 Å². The number of aromatic amines is 1. The van der Waals surface area contributed by atoms with Crippen molar-refractivity contribution in [2.24, 2.45) is 5.92 Å². The van der Waals surface area contributed by atoms with E-state index in [1.165, 1.54) is 43.4 Å². The second-order valence-corrected chi connectivity index (χ2v) is 5.92. The Morgan fingerprint density at radius 2 is 2.21 bits per heavy atom.